The second kappa shape index (κ2) is 6.83. The molecule has 0 spiro atoms. The zero-order valence-electron chi connectivity index (χ0n) is 10.0. The molecule has 0 aromatic rings. The molecule has 0 radical (unpaired) electrons. The largest absolute Gasteiger partial charge is 0.356 e. The first-order valence-corrected chi connectivity index (χ1v) is 6.25. The molecule has 0 aliphatic heterocycles. The first kappa shape index (κ1) is 12.5. The van der Waals surface area contributed by atoms with Crippen LogP contribution in [0.25, 0.3) is 0 Å². The maximum atomic E-state index is 11.5. The number of rotatable bonds is 8. The third-order valence-electron chi connectivity index (χ3n) is 2.83. The van der Waals surface area contributed by atoms with Crippen molar-refractivity contribution in [3.63, 3.8) is 0 Å². The molecule has 1 aliphatic rings. The Morgan fingerprint density at radius 2 is 2.13 bits per heavy atom. The molecule has 2 N–H and O–H groups in total. The lowest BCUT2D eigenvalue weighted by molar-refractivity contribution is -0.124. The lowest BCUT2D eigenvalue weighted by Gasteiger charge is -2.11. The highest BCUT2D eigenvalue weighted by Crippen LogP contribution is 2.18. The molecule has 1 fully saturated rings. The van der Waals surface area contributed by atoms with E-state index >= 15 is 0 Å². The lowest BCUT2D eigenvalue weighted by atomic mass is 10.1. The number of carbonyl (C=O) groups excluding carboxylic acids is 1. The molecule has 0 saturated heterocycles. The number of hydrogen-bond donors (Lipinski definition) is 2. The van der Waals surface area contributed by atoms with E-state index in [0.717, 1.165) is 38.4 Å². The van der Waals surface area contributed by atoms with E-state index in [9.17, 15) is 4.79 Å². The molecule has 0 aromatic carbocycles. The van der Waals surface area contributed by atoms with Crippen molar-refractivity contribution in [3.05, 3.63) is 0 Å². The SMILES string of the molecule is CCCC(C)C(=O)NCCCNC1CC1. The van der Waals surface area contributed by atoms with E-state index in [1.165, 1.54) is 12.8 Å². The molecule has 88 valence electrons. The molecule has 0 heterocycles. The third-order valence-corrected chi connectivity index (χ3v) is 2.83. The second-order valence-electron chi connectivity index (χ2n) is 4.56. The summed E-state index contributed by atoms with van der Waals surface area (Å²) in [6, 6.07) is 0.778. The number of amides is 1. The van der Waals surface area contributed by atoms with Crippen molar-refractivity contribution in [2.24, 2.45) is 5.92 Å². The van der Waals surface area contributed by atoms with Gasteiger partial charge >= 0.3 is 0 Å². The summed E-state index contributed by atoms with van der Waals surface area (Å²) in [6.45, 7) is 5.96. The molecule has 1 amide bonds. The van der Waals surface area contributed by atoms with Gasteiger partial charge in [-0.2, -0.15) is 0 Å². The van der Waals surface area contributed by atoms with E-state index in [4.69, 9.17) is 0 Å². The van der Waals surface area contributed by atoms with Gasteiger partial charge in [0.15, 0.2) is 0 Å². The quantitative estimate of drug-likeness (QED) is 0.601. The minimum Gasteiger partial charge on any atom is -0.356 e. The number of nitrogens with one attached hydrogen (secondary N) is 2. The molecular weight excluding hydrogens is 188 g/mol. The van der Waals surface area contributed by atoms with Gasteiger partial charge in [-0.1, -0.05) is 20.3 Å². The lowest BCUT2D eigenvalue weighted by Crippen LogP contribution is -2.31. The zero-order valence-corrected chi connectivity index (χ0v) is 10.0. The van der Waals surface area contributed by atoms with Crippen LogP contribution in [-0.2, 0) is 4.79 Å². The molecule has 1 atom stereocenters. The van der Waals surface area contributed by atoms with Crippen molar-refractivity contribution in [3.8, 4) is 0 Å². The van der Waals surface area contributed by atoms with Crippen LogP contribution in [-0.4, -0.2) is 25.0 Å². The molecule has 3 nitrogen and oxygen atoms in total. The fourth-order valence-electron chi connectivity index (χ4n) is 1.63. The van der Waals surface area contributed by atoms with E-state index in [0.29, 0.717) is 0 Å². The smallest absolute Gasteiger partial charge is 0.222 e. The Balaban J connectivity index is 1.90. The normalized spacial score (nSPS) is 17.5. The van der Waals surface area contributed by atoms with E-state index in [1.54, 1.807) is 0 Å². The average molecular weight is 212 g/mol. The molecule has 15 heavy (non-hydrogen) atoms. The van der Waals surface area contributed by atoms with Gasteiger partial charge in [-0.05, 0) is 32.2 Å². The van der Waals surface area contributed by atoms with Crippen LogP contribution in [0.5, 0.6) is 0 Å². The van der Waals surface area contributed by atoms with Crippen LogP contribution in [0, 0.1) is 5.92 Å². The highest BCUT2D eigenvalue weighted by Gasteiger charge is 2.19. The van der Waals surface area contributed by atoms with Crippen molar-refractivity contribution in [1.82, 2.24) is 10.6 Å². The summed E-state index contributed by atoms with van der Waals surface area (Å²) >= 11 is 0. The van der Waals surface area contributed by atoms with E-state index in [-0.39, 0.29) is 11.8 Å². The summed E-state index contributed by atoms with van der Waals surface area (Å²) in [4.78, 5) is 11.5. The molecule has 1 rings (SSSR count). The number of carbonyl (C=O) groups is 1. The van der Waals surface area contributed by atoms with Gasteiger partial charge in [0, 0.05) is 18.5 Å². The van der Waals surface area contributed by atoms with Crippen molar-refractivity contribution in [2.45, 2.75) is 52.0 Å². The Morgan fingerprint density at radius 3 is 2.73 bits per heavy atom. The first-order chi connectivity index (χ1) is 7.24. The summed E-state index contributed by atoms with van der Waals surface area (Å²) in [5, 5.41) is 6.42. The Kier molecular flexibility index (Phi) is 5.69. The molecule has 0 aromatic heterocycles. The van der Waals surface area contributed by atoms with Crippen LogP contribution in [0.15, 0.2) is 0 Å². The van der Waals surface area contributed by atoms with Crippen LogP contribution in [0.3, 0.4) is 0 Å². The summed E-state index contributed by atoms with van der Waals surface area (Å²) in [5.41, 5.74) is 0. The van der Waals surface area contributed by atoms with Gasteiger partial charge in [0.2, 0.25) is 5.91 Å². The maximum absolute atomic E-state index is 11.5. The monoisotopic (exact) mass is 212 g/mol. The van der Waals surface area contributed by atoms with Crippen LogP contribution < -0.4 is 10.6 Å². The molecular formula is C12H24N2O. The standard InChI is InChI=1S/C12H24N2O/c1-3-5-10(2)12(15)14-9-4-8-13-11-6-7-11/h10-11,13H,3-9H2,1-2H3,(H,14,15). The summed E-state index contributed by atoms with van der Waals surface area (Å²) in [7, 11) is 0. The molecule has 1 unspecified atom stereocenters. The molecule has 1 aliphatic carbocycles. The Bertz CT molecular complexity index is 190. The van der Waals surface area contributed by atoms with Crippen LogP contribution in [0.1, 0.15) is 46.0 Å². The van der Waals surface area contributed by atoms with Crippen molar-refractivity contribution >= 4 is 5.91 Å². The van der Waals surface area contributed by atoms with Gasteiger partial charge in [0.05, 0.1) is 0 Å². The van der Waals surface area contributed by atoms with Gasteiger partial charge in [-0.15, -0.1) is 0 Å². The Hall–Kier alpha value is -0.570. The van der Waals surface area contributed by atoms with Crippen molar-refractivity contribution < 1.29 is 4.79 Å². The average Bonchev–Trinajstić information content (AvgIpc) is 3.01. The summed E-state index contributed by atoms with van der Waals surface area (Å²) in [6.07, 6.45) is 5.78. The Labute approximate surface area is 93.0 Å². The first-order valence-electron chi connectivity index (χ1n) is 6.25. The van der Waals surface area contributed by atoms with E-state index in [1.807, 2.05) is 6.92 Å². The summed E-state index contributed by atoms with van der Waals surface area (Å²) in [5.74, 6) is 0.384. The van der Waals surface area contributed by atoms with Crippen LogP contribution >= 0.6 is 0 Å². The topological polar surface area (TPSA) is 41.1 Å². The molecule has 3 heteroatoms. The van der Waals surface area contributed by atoms with Gasteiger partial charge < -0.3 is 10.6 Å². The zero-order chi connectivity index (χ0) is 11.1. The van der Waals surface area contributed by atoms with Crippen molar-refractivity contribution in [2.75, 3.05) is 13.1 Å². The fraction of sp³-hybridized carbons (Fsp3) is 0.917. The van der Waals surface area contributed by atoms with Crippen molar-refractivity contribution in [1.29, 1.82) is 0 Å². The fourth-order valence-corrected chi connectivity index (χ4v) is 1.63. The molecule has 0 bridgehead atoms. The predicted octanol–water partition coefficient (Wildman–Crippen LogP) is 1.68. The highest BCUT2D eigenvalue weighted by atomic mass is 16.1. The minimum absolute atomic E-state index is 0.173. The Morgan fingerprint density at radius 1 is 1.40 bits per heavy atom. The maximum Gasteiger partial charge on any atom is 0.222 e. The van der Waals surface area contributed by atoms with Crippen LogP contribution in [0.2, 0.25) is 0 Å². The third kappa shape index (κ3) is 5.78. The van der Waals surface area contributed by atoms with Gasteiger partial charge in [-0.25, -0.2) is 0 Å². The minimum atomic E-state index is 0.173. The van der Waals surface area contributed by atoms with Gasteiger partial charge in [0.25, 0.3) is 0 Å². The predicted molar refractivity (Wildman–Crippen MR) is 62.7 cm³/mol. The van der Waals surface area contributed by atoms with Crippen LogP contribution in [0.4, 0.5) is 0 Å². The van der Waals surface area contributed by atoms with Gasteiger partial charge in [0.1, 0.15) is 0 Å². The highest BCUT2D eigenvalue weighted by molar-refractivity contribution is 5.78. The second-order valence-corrected chi connectivity index (χ2v) is 4.56. The number of hydrogen-bond acceptors (Lipinski definition) is 2. The van der Waals surface area contributed by atoms with Gasteiger partial charge in [-0.3, -0.25) is 4.79 Å². The summed E-state index contributed by atoms with van der Waals surface area (Å²) < 4.78 is 0. The molecule has 1 saturated carbocycles. The van der Waals surface area contributed by atoms with E-state index < -0.39 is 0 Å². The van der Waals surface area contributed by atoms with E-state index in [2.05, 4.69) is 17.6 Å².